The number of methoxy groups -OCH3 is 1. The predicted molar refractivity (Wildman–Crippen MR) is 117 cm³/mol. The number of hydrogen-bond acceptors (Lipinski definition) is 6. The van der Waals surface area contributed by atoms with Crippen molar-refractivity contribution in [3.05, 3.63) is 59.7 Å². The molecule has 10 heteroatoms. The van der Waals surface area contributed by atoms with Crippen molar-refractivity contribution in [3.63, 3.8) is 0 Å². The van der Waals surface area contributed by atoms with Gasteiger partial charge >= 0.3 is 6.09 Å². The van der Waals surface area contributed by atoms with E-state index in [-0.39, 0.29) is 26.2 Å². The summed E-state index contributed by atoms with van der Waals surface area (Å²) < 4.78 is 10.2. The molecule has 0 spiro atoms. The highest BCUT2D eigenvalue weighted by molar-refractivity contribution is 5.96. The lowest BCUT2D eigenvalue weighted by Crippen LogP contribution is -2.43. The molecule has 0 saturated heterocycles. The smallest absolute Gasteiger partial charge is 0.407 e. The average molecular weight is 442 g/mol. The van der Waals surface area contributed by atoms with Gasteiger partial charge in [-0.25, -0.2) is 4.79 Å². The number of carbonyl (C=O) groups is 4. The third-order valence-electron chi connectivity index (χ3n) is 4.13. The summed E-state index contributed by atoms with van der Waals surface area (Å²) in [5.41, 5.74) is 2.24. The van der Waals surface area contributed by atoms with E-state index < -0.39 is 23.8 Å². The summed E-state index contributed by atoms with van der Waals surface area (Å²) in [6.07, 6.45) is -0.753. The second-order valence-corrected chi connectivity index (χ2v) is 6.72. The molecular weight excluding hydrogens is 416 g/mol. The van der Waals surface area contributed by atoms with Crippen LogP contribution in [0.15, 0.2) is 48.5 Å². The molecule has 2 aromatic carbocycles. The van der Waals surface area contributed by atoms with Gasteiger partial charge in [0.05, 0.1) is 25.9 Å². The molecular formula is C22H26N4O6. The molecule has 0 unspecified atom stereocenters. The van der Waals surface area contributed by atoms with Crippen LogP contribution in [0.3, 0.4) is 0 Å². The normalized spacial score (nSPS) is 9.94. The van der Waals surface area contributed by atoms with E-state index in [0.29, 0.717) is 11.4 Å². The number of benzene rings is 2. The van der Waals surface area contributed by atoms with Gasteiger partial charge in [-0.1, -0.05) is 36.4 Å². The number of anilines is 1. The molecule has 4 amide bonds. The Morgan fingerprint density at radius 3 is 2.09 bits per heavy atom. The Labute approximate surface area is 185 Å². The van der Waals surface area contributed by atoms with Crippen LogP contribution in [-0.2, 0) is 25.7 Å². The Bertz CT molecular complexity index is 949. The number of carbonyl (C=O) groups excluding carboxylic acids is 4. The predicted octanol–water partition coefficient (Wildman–Crippen LogP) is 1.10. The zero-order chi connectivity index (χ0) is 23.3. The van der Waals surface area contributed by atoms with Gasteiger partial charge in [-0.3, -0.25) is 14.4 Å². The number of aryl methyl sites for hydroxylation is 1. The summed E-state index contributed by atoms with van der Waals surface area (Å²) in [6.45, 7) is 0.968. The van der Waals surface area contributed by atoms with Crippen LogP contribution >= 0.6 is 0 Å². The van der Waals surface area contributed by atoms with Crippen molar-refractivity contribution < 1.29 is 28.7 Å². The molecule has 2 rings (SSSR count). The van der Waals surface area contributed by atoms with Crippen LogP contribution in [-0.4, -0.2) is 50.6 Å². The van der Waals surface area contributed by atoms with E-state index in [4.69, 9.17) is 9.47 Å². The standard InChI is InChI=1S/C22H26N4O6/c1-15-8-9-18(31-2)17(10-15)26-21(29)13-24-19(27)11-23-20(28)12-25-22(30)32-14-16-6-4-3-5-7-16/h3-10H,11-14H2,1-2H3,(H,23,28)(H,24,27)(H,25,30)(H,26,29). The SMILES string of the molecule is COc1ccc(C)cc1NC(=O)CNC(=O)CNC(=O)CNC(=O)OCc1ccccc1. The van der Waals surface area contributed by atoms with Crippen LogP contribution in [0, 0.1) is 6.92 Å². The second kappa shape index (κ2) is 12.6. The molecule has 170 valence electrons. The molecule has 0 saturated carbocycles. The molecule has 0 bridgehead atoms. The lowest BCUT2D eigenvalue weighted by Gasteiger charge is -2.12. The number of rotatable bonds is 10. The first-order valence-electron chi connectivity index (χ1n) is 9.80. The van der Waals surface area contributed by atoms with Crippen LogP contribution in [0.2, 0.25) is 0 Å². The van der Waals surface area contributed by atoms with Crippen LogP contribution in [0.25, 0.3) is 0 Å². The van der Waals surface area contributed by atoms with Gasteiger partial charge in [-0.15, -0.1) is 0 Å². The first-order chi connectivity index (χ1) is 15.4. The number of nitrogens with one attached hydrogen (secondary N) is 4. The van der Waals surface area contributed by atoms with Crippen LogP contribution in [0.4, 0.5) is 10.5 Å². The van der Waals surface area contributed by atoms with Crippen LogP contribution in [0.1, 0.15) is 11.1 Å². The molecule has 10 nitrogen and oxygen atoms in total. The fourth-order valence-corrected chi connectivity index (χ4v) is 2.52. The molecule has 0 aliphatic rings. The number of hydrogen-bond donors (Lipinski definition) is 4. The van der Waals surface area contributed by atoms with Gasteiger partial charge in [0.15, 0.2) is 0 Å². The van der Waals surface area contributed by atoms with E-state index in [1.807, 2.05) is 31.2 Å². The topological polar surface area (TPSA) is 135 Å². The zero-order valence-electron chi connectivity index (χ0n) is 17.9. The summed E-state index contributed by atoms with van der Waals surface area (Å²) in [6, 6.07) is 14.4. The zero-order valence-corrected chi connectivity index (χ0v) is 17.9. The number of ether oxygens (including phenoxy) is 2. The molecule has 0 heterocycles. The molecule has 0 aliphatic heterocycles. The minimum absolute atomic E-state index is 0.0766. The maximum absolute atomic E-state index is 12.0. The summed E-state index contributed by atoms with van der Waals surface area (Å²) in [4.78, 5) is 47.2. The molecule has 0 aromatic heterocycles. The largest absolute Gasteiger partial charge is 0.495 e. The van der Waals surface area contributed by atoms with Crippen molar-refractivity contribution in [2.24, 2.45) is 0 Å². The third-order valence-corrected chi connectivity index (χ3v) is 4.13. The second-order valence-electron chi connectivity index (χ2n) is 6.72. The van der Waals surface area contributed by atoms with Gasteiger partial charge in [-0.05, 0) is 30.2 Å². The van der Waals surface area contributed by atoms with Gasteiger partial charge in [0.2, 0.25) is 17.7 Å². The van der Waals surface area contributed by atoms with Crippen molar-refractivity contribution >= 4 is 29.5 Å². The highest BCUT2D eigenvalue weighted by Gasteiger charge is 2.11. The van der Waals surface area contributed by atoms with Gasteiger partial charge in [-0.2, -0.15) is 0 Å². The van der Waals surface area contributed by atoms with Crippen molar-refractivity contribution in [1.82, 2.24) is 16.0 Å². The summed E-state index contributed by atoms with van der Waals surface area (Å²) >= 11 is 0. The molecule has 0 radical (unpaired) electrons. The highest BCUT2D eigenvalue weighted by atomic mass is 16.5. The lowest BCUT2D eigenvalue weighted by atomic mass is 10.2. The summed E-state index contributed by atoms with van der Waals surface area (Å²) in [7, 11) is 1.49. The van der Waals surface area contributed by atoms with Crippen LogP contribution in [0.5, 0.6) is 5.75 Å². The van der Waals surface area contributed by atoms with Crippen molar-refractivity contribution in [2.45, 2.75) is 13.5 Å². The fraction of sp³-hybridized carbons (Fsp3) is 0.273. The quantitative estimate of drug-likeness (QED) is 0.435. The summed E-state index contributed by atoms with van der Waals surface area (Å²) in [5.74, 6) is -1.09. The van der Waals surface area contributed by atoms with Gasteiger partial charge < -0.3 is 30.7 Å². The van der Waals surface area contributed by atoms with Crippen molar-refractivity contribution in [2.75, 3.05) is 32.1 Å². The molecule has 0 fully saturated rings. The van der Waals surface area contributed by atoms with Crippen LogP contribution < -0.4 is 26.0 Å². The molecule has 4 N–H and O–H groups in total. The van der Waals surface area contributed by atoms with Crippen molar-refractivity contribution in [1.29, 1.82) is 0 Å². The van der Waals surface area contributed by atoms with E-state index >= 15 is 0 Å². The van der Waals surface area contributed by atoms with E-state index in [0.717, 1.165) is 11.1 Å². The Hall–Kier alpha value is -4.08. The molecule has 32 heavy (non-hydrogen) atoms. The molecule has 2 aromatic rings. The van der Waals surface area contributed by atoms with Gasteiger partial charge in [0, 0.05) is 0 Å². The summed E-state index contributed by atoms with van der Waals surface area (Å²) in [5, 5.41) is 9.67. The lowest BCUT2D eigenvalue weighted by molar-refractivity contribution is -0.126. The fourth-order valence-electron chi connectivity index (χ4n) is 2.52. The Kier molecular flexibility index (Phi) is 9.51. The molecule has 0 atom stereocenters. The van der Waals surface area contributed by atoms with Crippen molar-refractivity contribution in [3.8, 4) is 5.75 Å². The first kappa shape index (κ1) is 24.2. The highest BCUT2D eigenvalue weighted by Crippen LogP contribution is 2.24. The maximum atomic E-state index is 12.0. The Balaban J connectivity index is 1.62. The Morgan fingerprint density at radius 2 is 1.44 bits per heavy atom. The Morgan fingerprint density at radius 1 is 0.812 bits per heavy atom. The third kappa shape index (κ3) is 8.74. The van der Waals surface area contributed by atoms with Gasteiger partial charge in [0.25, 0.3) is 0 Å². The number of alkyl carbamates (subject to hydrolysis) is 1. The maximum Gasteiger partial charge on any atom is 0.407 e. The average Bonchev–Trinajstić information content (AvgIpc) is 2.79. The van der Waals surface area contributed by atoms with E-state index in [1.165, 1.54) is 7.11 Å². The minimum Gasteiger partial charge on any atom is -0.495 e. The first-order valence-corrected chi connectivity index (χ1v) is 9.80. The number of amides is 4. The van der Waals surface area contributed by atoms with Gasteiger partial charge in [0.1, 0.15) is 18.9 Å². The monoisotopic (exact) mass is 442 g/mol. The van der Waals surface area contributed by atoms with E-state index in [2.05, 4.69) is 21.3 Å². The van der Waals surface area contributed by atoms with E-state index in [1.54, 1.807) is 24.3 Å². The minimum atomic E-state index is -0.753. The van der Waals surface area contributed by atoms with E-state index in [9.17, 15) is 19.2 Å². The molecule has 0 aliphatic carbocycles.